The molecule has 0 aliphatic carbocycles. The predicted molar refractivity (Wildman–Crippen MR) is 86.2 cm³/mol. The molecule has 0 atom stereocenters. The van der Waals surface area contributed by atoms with Gasteiger partial charge in [-0.3, -0.25) is 9.59 Å². The van der Waals surface area contributed by atoms with Crippen LogP contribution in [-0.4, -0.2) is 30.6 Å². The van der Waals surface area contributed by atoms with Gasteiger partial charge in [-0.05, 0) is 26.3 Å². The molecule has 0 aromatic heterocycles. The first-order chi connectivity index (χ1) is 10.4. The Morgan fingerprint density at radius 3 is 2.36 bits per heavy atom. The van der Waals surface area contributed by atoms with Crippen molar-refractivity contribution in [2.24, 2.45) is 0 Å². The van der Waals surface area contributed by atoms with Crippen molar-refractivity contribution < 1.29 is 14.3 Å². The first-order valence-corrected chi connectivity index (χ1v) is 7.60. The van der Waals surface area contributed by atoms with Crippen molar-refractivity contribution in [1.29, 1.82) is 0 Å². The van der Waals surface area contributed by atoms with Crippen LogP contribution in [0.5, 0.6) is 0 Å². The van der Waals surface area contributed by atoms with Crippen molar-refractivity contribution in [2.45, 2.75) is 45.8 Å². The number of esters is 1. The van der Waals surface area contributed by atoms with E-state index in [0.717, 1.165) is 6.54 Å². The van der Waals surface area contributed by atoms with E-state index in [9.17, 15) is 9.59 Å². The maximum atomic E-state index is 11.6. The lowest BCUT2D eigenvalue weighted by Gasteiger charge is -2.19. The summed E-state index contributed by atoms with van der Waals surface area (Å²) in [7, 11) is 0. The smallest absolute Gasteiger partial charge is 0.308 e. The summed E-state index contributed by atoms with van der Waals surface area (Å²) in [6, 6.07) is 10.0. The van der Waals surface area contributed by atoms with E-state index < -0.39 is 5.60 Å². The molecule has 0 saturated heterocycles. The molecule has 0 bridgehead atoms. The Morgan fingerprint density at radius 2 is 1.73 bits per heavy atom. The largest absolute Gasteiger partial charge is 0.460 e. The number of rotatable bonds is 8. The average Bonchev–Trinajstić information content (AvgIpc) is 2.43. The van der Waals surface area contributed by atoms with E-state index in [4.69, 9.17) is 4.74 Å². The van der Waals surface area contributed by atoms with Crippen LogP contribution in [0.3, 0.4) is 0 Å². The lowest BCUT2D eigenvalue weighted by molar-refractivity contribution is -0.154. The zero-order valence-electron chi connectivity index (χ0n) is 13.6. The summed E-state index contributed by atoms with van der Waals surface area (Å²) in [6.07, 6.45) is 0.585. The Bertz CT molecular complexity index is 467. The summed E-state index contributed by atoms with van der Waals surface area (Å²) in [5, 5.41) is 5.93. The number of amides is 1. The minimum absolute atomic E-state index is 0.0656. The molecular formula is C17H26N2O3. The van der Waals surface area contributed by atoms with Crippen molar-refractivity contribution in [1.82, 2.24) is 10.6 Å². The summed E-state index contributed by atoms with van der Waals surface area (Å²) in [5.74, 6) is -0.362. The highest BCUT2D eigenvalue weighted by Crippen LogP contribution is 2.07. The van der Waals surface area contributed by atoms with Crippen LogP contribution in [0.1, 0.15) is 39.2 Å². The van der Waals surface area contributed by atoms with Gasteiger partial charge in [-0.1, -0.05) is 30.3 Å². The van der Waals surface area contributed by atoms with Crippen molar-refractivity contribution in [2.75, 3.05) is 13.1 Å². The van der Waals surface area contributed by atoms with Crippen LogP contribution in [0.15, 0.2) is 30.3 Å². The van der Waals surface area contributed by atoms with Gasteiger partial charge in [0.15, 0.2) is 0 Å². The lowest BCUT2D eigenvalue weighted by Crippen LogP contribution is -2.31. The number of nitrogens with one attached hydrogen (secondary N) is 2. The molecule has 0 radical (unpaired) electrons. The van der Waals surface area contributed by atoms with E-state index in [2.05, 4.69) is 10.6 Å². The van der Waals surface area contributed by atoms with Gasteiger partial charge in [-0.15, -0.1) is 0 Å². The summed E-state index contributed by atoms with van der Waals surface area (Å²) in [4.78, 5) is 23.1. The summed E-state index contributed by atoms with van der Waals surface area (Å²) < 4.78 is 5.16. The van der Waals surface area contributed by atoms with Crippen LogP contribution in [-0.2, 0) is 20.9 Å². The zero-order valence-corrected chi connectivity index (χ0v) is 13.6. The molecule has 0 saturated carbocycles. The molecule has 5 nitrogen and oxygen atoms in total. The first kappa shape index (κ1) is 18.2. The molecule has 5 heteroatoms. The van der Waals surface area contributed by atoms with Crippen molar-refractivity contribution in [3.05, 3.63) is 35.9 Å². The molecule has 1 amide bonds. The molecule has 0 heterocycles. The fraction of sp³-hybridized carbons (Fsp3) is 0.529. The van der Waals surface area contributed by atoms with Crippen molar-refractivity contribution >= 4 is 11.9 Å². The maximum absolute atomic E-state index is 11.6. The Labute approximate surface area is 132 Å². The molecule has 0 aliphatic rings. The molecule has 122 valence electrons. The van der Waals surface area contributed by atoms with Gasteiger partial charge in [0.05, 0.1) is 6.42 Å². The number of ether oxygens (including phenoxy) is 1. The minimum atomic E-state index is -0.484. The topological polar surface area (TPSA) is 67.4 Å². The number of benzene rings is 1. The van der Waals surface area contributed by atoms with Crippen LogP contribution < -0.4 is 10.6 Å². The van der Waals surface area contributed by atoms with E-state index in [1.807, 2.05) is 51.1 Å². The number of hydrogen-bond acceptors (Lipinski definition) is 4. The fourth-order valence-electron chi connectivity index (χ4n) is 1.82. The normalized spacial score (nSPS) is 11.0. The molecule has 1 aromatic carbocycles. The molecule has 22 heavy (non-hydrogen) atoms. The average molecular weight is 306 g/mol. The first-order valence-electron chi connectivity index (χ1n) is 7.60. The molecule has 0 unspecified atom stereocenters. The second kappa shape index (κ2) is 9.20. The SMILES string of the molecule is CC(C)(C)OC(=O)CCNC(=O)CCNCc1ccccc1. The van der Waals surface area contributed by atoms with E-state index in [0.29, 0.717) is 19.5 Å². The summed E-state index contributed by atoms with van der Waals surface area (Å²) >= 11 is 0. The Balaban J connectivity index is 2.05. The Morgan fingerprint density at radius 1 is 1.05 bits per heavy atom. The highest BCUT2D eigenvalue weighted by molar-refractivity contribution is 5.77. The predicted octanol–water partition coefficient (Wildman–Crippen LogP) is 2.01. The van der Waals surface area contributed by atoms with E-state index in [1.165, 1.54) is 5.56 Å². The Hall–Kier alpha value is -1.88. The summed E-state index contributed by atoms with van der Waals surface area (Å²) in [6.45, 7) is 7.12. The molecule has 2 N–H and O–H groups in total. The second-order valence-electron chi connectivity index (χ2n) is 6.10. The summed E-state index contributed by atoms with van der Waals surface area (Å²) in [5.41, 5.74) is 0.704. The van der Waals surface area contributed by atoms with Crippen LogP contribution in [0.2, 0.25) is 0 Å². The quantitative estimate of drug-likeness (QED) is 0.569. The Kier molecular flexibility index (Phi) is 7.60. The van der Waals surface area contributed by atoms with Gasteiger partial charge in [0.2, 0.25) is 5.91 Å². The molecule has 0 fully saturated rings. The van der Waals surface area contributed by atoms with Crippen molar-refractivity contribution in [3.63, 3.8) is 0 Å². The van der Waals surface area contributed by atoms with Crippen LogP contribution in [0.4, 0.5) is 0 Å². The zero-order chi connectivity index (χ0) is 16.4. The van der Waals surface area contributed by atoms with Gasteiger partial charge < -0.3 is 15.4 Å². The third-order valence-corrected chi connectivity index (χ3v) is 2.77. The maximum Gasteiger partial charge on any atom is 0.308 e. The molecule has 0 spiro atoms. The number of carbonyl (C=O) groups is 2. The van der Waals surface area contributed by atoms with E-state index in [-0.39, 0.29) is 18.3 Å². The number of carbonyl (C=O) groups excluding carboxylic acids is 2. The van der Waals surface area contributed by atoms with Gasteiger partial charge in [-0.2, -0.15) is 0 Å². The van der Waals surface area contributed by atoms with Crippen LogP contribution in [0, 0.1) is 0 Å². The van der Waals surface area contributed by atoms with Crippen LogP contribution >= 0.6 is 0 Å². The van der Waals surface area contributed by atoms with Gasteiger partial charge >= 0.3 is 5.97 Å². The van der Waals surface area contributed by atoms with E-state index >= 15 is 0 Å². The van der Waals surface area contributed by atoms with E-state index in [1.54, 1.807) is 0 Å². The third-order valence-electron chi connectivity index (χ3n) is 2.77. The van der Waals surface area contributed by atoms with Gasteiger partial charge in [0, 0.05) is 26.1 Å². The third kappa shape index (κ3) is 9.13. The van der Waals surface area contributed by atoms with Gasteiger partial charge in [0.1, 0.15) is 5.60 Å². The monoisotopic (exact) mass is 306 g/mol. The molecule has 1 aromatic rings. The highest BCUT2D eigenvalue weighted by atomic mass is 16.6. The minimum Gasteiger partial charge on any atom is -0.460 e. The van der Waals surface area contributed by atoms with Gasteiger partial charge in [-0.25, -0.2) is 0 Å². The standard InChI is InChI=1S/C17H26N2O3/c1-17(2,3)22-16(21)10-12-19-15(20)9-11-18-13-14-7-5-4-6-8-14/h4-8,18H,9-13H2,1-3H3,(H,19,20). The second-order valence-corrected chi connectivity index (χ2v) is 6.10. The van der Waals surface area contributed by atoms with Gasteiger partial charge in [0.25, 0.3) is 0 Å². The lowest BCUT2D eigenvalue weighted by atomic mass is 10.2. The molecular weight excluding hydrogens is 280 g/mol. The fourth-order valence-corrected chi connectivity index (χ4v) is 1.82. The van der Waals surface area contributed by atoms with Crippen molar-refractivity contribution in [3.8, 4) is 0 Å². The highest BCUT2D eigenvalue weighted by Gasteiger charge is 2.15. The van der Waals surface area contributed by atoms with Crippen LogP contribution in [0.25, 0.3) is 0 Å². The number of hydrogen-bond donors (Lipinski definition) is 2. The molecule has 1 rings (SSSR count). The molecule has 0 aliphatic heterocycles.